The van der Waals surface area contributed by atoms with Gasteiger partial charge in [-0.25, -0.2) is 4.57 Å². The summed E-state index contributed by atoms with van der Waals surface area (Å²) in [4.78, 5) is 40.9. The van der Waals surface area contributed by atoms with Gasteiger partial charge in [-0.3, -0.25) is 14.1 Å². The molecule has 0 fully saturated rings. The summed E-state index contributed by atoms with van der Waals surface area (Å²) >= 11 is 0. The Kier molecular flexibility index (Phi) is 25.5. The summed E-state index contributed by atoms with van der Waals surface area (Å²) in [5.41, 5.74) is 0. The fourth-order valence-electron chi connectivity index (χ4n) is 3.90. The first-order valence-electron chi connectivity index (χ1n) is 14.5. The number of nitrogens with one attached hydrogen (secondary N) is 1. The van der Waals surface area contributed by atoms with Crippen LogP contribution in [-0.2, 0) is 32.9 Å². The fourth-order valence-corrected chi connectivity index (χ4v) is 4.26. The third-order valence-corrected chi connectivity index (χ3v) is 6.51. The summed E-state index contributed by atoms with van der Waals surface area (Å²) in [5.74, 6) is -0.419. The summed E-state index contributed by atoms with van der Waals surface area (Å²) in [6, 6.07) is 0. The number of unbranched alkanes of at least 4 members (excludes halogenated alkanes) is 14. The molecular weight excluding hydrogens is 513 g/mol. The molecule has 0 spiro atoms. The summed E-state index contributed by atoms with van der Waals surface area (Å²) in [6.07, 6.45) is 17.2. The van der Waals surface area contributed by atoms with Gasteiger partial charge in [0.1, 0.15) is 12.9 Å². The second-order valence-corrected chi connectivity index (χ2v) is 11.1. The number of ether oxygens (including phenoxy) is 3. The van der Waals surface area contributed by atoms with Gasteiger partial charge >= 0.3 is 13.8 Å². The van der Waals surface area contributed by atoms with Gasteiger partial charge < -0.3 is 29.3 Å². The van der Waals surface area contributed by atoms with Crippen molar-refractivity contribution in [2.75, 3.05) is 33.2 Å². The molecule has 0 aliphatic carbocycles. The Hall–Kier alpha value is -1.03. The van der Waals surface area contributed by atoms with Crippen molar-refractivity contribution < 1.29 is 42.7 Å². The maximum absolute atomic E-state index is 12.2. The summed E-state index contributed by atoms with van der Waals surface area (Å²) in [6.45, 7) is 4.48. The molecule has 0 rings (SSSR count). The van der Waals surface area contributed by atoms with E-state index in [1.54, 1.807) is 0 Å². The number of carbonyl (C=O) groups excluding carboxylic acids is 2. The van der Waals surface area contributed by atoms with Gasteiger partial charge in [0, 0.05) is 26.5 Å². The van der Waals surface area contributed by atoms with Crippen LogP contribution in [-0.4, -0.2) is 60.9 Å². The number of amides is 1. The van der Waals surface area contributed by atoms with E-state index in [2.05, 4.69) is 16.8 Å². The molecule has 10 nitrogen and oxygen atoms in total. The van der Waals surface area contributed by atoms with Crippen molar-refractivity contribution >= 4 is 19.7 Å². The van der Waals surface area contributed by atoms with Crippen LogP contribution in [0.5, 0.6) is 0 Å². The highest BCUT2D eigenvalue weighted by molar-refractivity contribution is 7.46. The molecule has 0 aliphatic heterocycles. The highest BCUT2D eigenvalue weighted by atomic mass is 31.2. The minimum absolute atomic E-state index is 0.000872. The predicted octanol–water partition coefficient (Wildman–Crippen LogP) is 5.79. The number of hydrogen-bond donors (Lipinski definition) is 3. The Balaban J connectivity index is 3.88. The number of hydrogen-bond acceptors (Lipinski definition) is 7. The van der Waals surface area contributed by atoms with Crippen LogP contribution in [0.1, 0.15) is 123 Å². The lowest BCUT2D eigenvalue weighted by Crippen LogP contribution is -2.28. The molecule has 0 saturated carbocycles. The van der Waals surface area contributed by atoms with Gasteiger partial charge in [0.2, 0.25) is 5.91 Å². The monoisotopic (exact) mass is 567 g/mol. The SMILES string of the molecule is CCCCCCCCCCCCC(=O)O[C@@H](COCOCCCCCCCCNC(C)=O)COP(=O)(O)O. The van der Waals surface area contributed by atoms with Gasteiger partial charge in [-0.1, -0.05) is 90.4 Å². The van der Waals surface area contributed by atoms with Crippen molar-refractivity contribution in [3.05, 3.63) is 0 Å². The minimum atomic E-state index is -4.68. The fraction of sp³-hybridized carbons (Fsp3) is 0.926. The van der Waals surface area contributed by atoms with E-state index >= 15 is 0 Å². The van der Waals surface area contributed by atoms with E-state index in [1.165, 1.54) is 51.9 Å². The molecule has 3 N–H and O–H groups in total. The zero-order chi connectivity index (χ0) is 28.3. The Morgan fingerprint density at radius 1 is 0.763 bits per heavy atom. The molecule has 0 aromatic carbocycles. The van der Waals surface area contributed by atoms with Crippen molar-refractivity contribution in [1.29, 1.82) is 0 Å². The second-order valence-electron chi connectivity index (χ2n) is 9.83. The highest BCUT2D eigenvalue weighted by Gasteiger charge is 2.21. The molecule has 0 aromatic rings. The molecule has 0 aromatic heterocycles. The lowest BCUT2D eigenvalue weighted by Gasteiger charge is -2.18. The van der Waals surface area contributed by atoms with E-state index in [9.17, 15) is 14.2 Å². The van der Waals surface area contributed by atoms with Gasteiger partial charge in [0.15, 0.2) is 0 Å². The van der Waals surface area contributed by atoms with Crippen LogP contribution >= 0.6 is 7.82 Å². The third-order valence-electron chi connectivity index (χ3n) is 6.02. The quantitative estimate of drug-likeness (QED) is 0.0464. The van der Waals surface area contributed by atoms with Crippen molar-refractivity contribution in [3.63, 3.8) is 0 Å². The summed E-state index contributed by atoms with van der Waals surface area (Å²) < 4.78 is 31.7. The van der Waals surface area contributed by atoms with Crippen LogP contribution in [0.4, 0.5) is 0 Å². The first-order valence-corrected chi connectivity index (χ1v) is 16.1. The zero-order valence-electron chi connectivity index (χ0n) is 23.8. The Morgan fingerprint density at radius 3 is 1.89 bits per heavy atom. The predicted molar refractivity (Wildman–Crippen MR) is 147 cm³/mol. The minimum Gasteiger partial charge on any atom is -0.457 e. The second kappa shape index (κ2) is 26.2. The first kappa shape index (κ1) is 37.0. The summed E-state index contributed by atoms with van der Waals surface area (Å²) in [5, 5.41) is 2.79. The van der Waals surface area contributed by atoms with Crippen LogP contribution in [0.3, 0.4) is 0 Å². The van der Waals surface area contributed by atoms with Crippen molar-refractivity contribution in [3.8, 4) is 0 Å². The smallest absolute Gasteiger partial charge is 0.457 e. The van der Waals surface area contributed by atoms with Crippen LogP contribution < -0.4 is 5.32 Å². The molecule has 0 heterocycles. The van der Waals surface area contributed by atoms with Crippen molar-refractivity contribution in [2.24, 2.45) is 0 Å². The zero-order valence-corrected chi connectivity index (χ0v) is 24.7. The van der Waals surface area contributed by atoms with Crippen molar-refractivity contribution in [2.45, 2.75) is 129 Å². The lowest BCUT2D eigenvalue weighted by molar-refractivity contribution is -0.158. The topological polar surface area (TPSA) is 141 Å². The molecule has 0 radical (unpaired) electrons. The Morgan fingerprint density at radius 2 is 1.32 bits per heavy atom. The van der Waals surface area contributed by atoms with E-state index in [0.29, 0.717) is 6.61 Å². The van der Waals surface area contributed by atoms with Crippen LogP contribution in [0.2, 0.25) is 0 Å². The average molecular weight is 568 g/mol. The molecule has 0 bridgehead atoms. The molecule has 0 aliphatic rings. The largest absolute Gasteiger partial charge is 0.469 e. The number of rotatable bonds is 28. The van der Waals surface area contributed by atoms with Crippen molar-refractivity contribution in [1.82, 2.24) is 5.32 Å². The normalized spacial score (nSPS) is 12.4. The maximum Gasteiger partial charge on any atom is 0.469 e. The van der Waals surface area contributed by atoms with Crippen LogP contribution in [0, 0.1) is 0 Å². The van der Waals surface area contributed by atoms with E-state index in [-0.39, 0.29) is 25.7 Å². The Bertz CT molecular complexity index is 615. The first-order chi connectivity index (χ1) is 18.2. The number of phosphoric ester groups is 1. The van der Waals surface area contributed by atoms with Crippen LogP contribution in [0.25, 0.3) is 0 Å². The van der Waals surface area contributed by atoms with E-state index in [4.69, 9.17) is 24.0 Å². The Labute approximate surface area is 230 Å². The number of esters is 1. The highest BCUT2D eigenvalue weighted by Crippen LogP contribution is 2.35. The van der Waals surface area contributed by atoms with E-state index < -0.39 is 26.5 Å². The lowest BCUT2D eigenvalue weighted by atomic mass is 10.1. The summed E-state index contributed by atoms with van der Waals surface area (Å²) in [7, 11) is -4.68. The van der Waals surface area contributed by atoms with Crippen LogP contribution in [0.15, 0.2) is 0 Å². The maximum atomic E-state index is 12.2. The number of phosphoric acid groups is 1. The molecule has 11 heteroatoms. The molecule has 1 atom stereocenters. The van der Waals surface area contributed by atoms with Gasteiger partial charge in [0.05, 0.1) is 13.2 Å². The van der Waals surface area contributed by atoms with Gasteiger partial charge in [0.25, 0.3) is 0 Å². The number of carbonyl (C=O) groups is 2. The molecule has 1 amide bonds. The van der Waals surface area contributed by atoms with Gasteiger partial charge in [-0.05, 0) is 19.3 Å². The van der Waals surface area contributed by atoms with E-state index in [0.717, 1.165) is 64.3 Å². The van der Waals surface area contributed by atoms with Gasteiger partial charge in [-0.2, -0.15) is 0 Å². The average Bonchev–Trinajstić information content (AvgIpc) is 2.85. The molecule has 0 saturated heterocycles. The molecule has 0 unspecified atom stereocenters. The molecular formula is C27H54NO9P. The van der Waals surface area contributed by atoms with E-state index in [1.807, 2.05) is 0 Å². The van der Waals surface area contributed by atoms with Gasteiger partial charge in [-0.15, -0.1) is 0 Å². The third kappa shape index (κ3) is 29.5. The standard InChI is InChI=1S/C27H54NO9P/c1-3-4-5-6-7-8-9-10-13-16-19-27(30)37-26(23-36-38(31,32)33)22-35-24-34-21-18-15-12-11-14-17-20-28-25(2)29/h26H,3-24H2,1-2H3,(H,28,29)(H2,31,32,33)/t26-/m0/s1. The molecule has 226 valence electrons. The molecule has 38 heavy (non-hydrogen) atoms.